The Bertz CT molecular complexity index is 1110. The van der Waals surface area contributed by atoms with E-state index in [4.69, 9.17) is 4.74 Å². The van der Waals surface area contributed by atoms with Crippen molar-refractivity contribution < 1.29 is 14.3 Å². The molecule has 0 aromatic heterocycles. The van der Waals surface area contributed by atoms with Gasteiger partial charge in [0.05, 0.1) is 6.61 Å². The molecule has 0 aliphatic carbocycles. The number of hydrogen-bond acceptors (Lipinski definition) is 3. The van der Waals surface area contributed by atoms with E-state index in [9.17, 15) is 9.59 Å². The van der Waals surface area contributed by atoms with Crippen LogP contribution >= 0.6 is 6.89 Å². The number of carbonyl (C=O) groups is 2. The maximum atomic E-state index is 14.3. The molecule has 3 aromatic carbocycles. The van der Waals surface area contributed by atoms with Gasteiger partial charge in [-0.3, -0.25) is 4.79 Å². The topological polar surface area (TPSA) is 43.4 Å². The first kappa shape index (κ1) is 26.4. The number of Topliss-reactive ketones (excluding diaryl/α,β-unsaturated/α-hetero) is 1. The first-order valence-corrected chi connectivity index (χ1v) is 14.1. The second-order valence-corrected chi connectivity index (χ2v) is 12.0. The van der Waals surface area contributed by atoms with Crippen LogP contribution in [0.25, 0.3) is 0 Å². The predicted molar refractivity (Wildman–Crippen MR) is 150 cm³/mol. The van der Waals surface area contributed by atoms with Crippen LogP contribution in [-0.2, 0) is 14.3 Å². The molecule has 182 valence electrons. The molecule has 0 radical (unpaired) electrons. The molecule has 0 aliphatic heterocycles. The van der Waals surface area contributed by atoms with Crippen molar-refractivity contribution in [1.82, 2.24) is 0 Å². The molecule has 3 nitrogen and oxygen atoms in total. The summed E-state index contributed by atoms with van der Waals surface area (Å²) in [5, 5.41) is 3.14. The van der Waals surface area contributed by atoms with E-state index in [1.807, 2.05) is 105 Å². The Labute approximate surface area is 209 Å². The summed E-state index contributed by atoms with van der Waals surface area (Å²) in [5.41, 5.74) is 1.15. The maximum Gasteiger partial charge on any atom is 0.342 e. The van der Waals surface area contributed by atoms with E-state index in [0.717, 1.165) is 27.9 Å². The number of rotatable bonds is 10. The van der Waals surface area contributed by atoms with Crippen molar-refractivity contribution in [2.75, 3.05) is 6.61 Å². The molecule has 4 heteroatoms. The zero-order valence-electron chi connectivity index (χ0n) is 21.1. The second kappa shape index (κ2) is 12.5. The molecule has 0 bridgehead atoms. The van der Waals surface area contributed by atoms with Crippen molar-refractivity contribution >= 4 is 39.8 Å². The number of esters is 1. The highest BCUT2D eigenvalue weighted by atomic mass is 31.2. The Morgan fingerprint density at radius 3 is 1.60 bits per heavy atom. The van der Waals surface area contributed by atoms with Gasteiger partial charge in [0.15, 0.2) is 5.78 Å². The van der Waals surface area contributed by atoms with E-state index in [-0.39, 0.29) is 23.6 Å². The molecule has 0 spiro atoms. The Morgan fingerprint density at radius 2 is 1.23 bits per heavy atom. The Balaban J connectivity index is 2.51. The first-order chi connectivity index (χ1) is 17.0. The van der Waals surface area contributed by atoms with Crippen LogP contribution in [0.4, 0.5) is 0 Å². The van der Waals surface area contributed by atoms with Crippen LogP contribution in [0.3, 0.4) is 0 Å². The van der Waals surface area contributed by atoms with Crippen LogP contribution in [0.2, 0.25) is 0 Å². The third-order valence-electron chi connectivity index (χ3n) is 6.10. The molecule has 0 saturated heterocycles. The third kappa shape index (κ3) is 5.74. The summed E-state index contributed by atoms with van der Waals surface area (Å²) >= 11 is 0. The minimum Gasteiger partial charge on any atom is -0.462 e. The Kier molecular flexibility index (Phi) is 9.46. The van der Waals surface area contributed by atoms with Crippen molar-refractivity contribution in [2.24, 2.45) is 5.92 Å². The zero-order valence-corrected chi connectivity index (χ0v) is 22.0. The van der Waals surface area contributed by atoms with E-state index in [1.54, 1.807) is 6.92 Å². The van der Waals surface area contributed by atoms with Crippen molar-refractivity contribution in [1.29, 1.82) is 0 Å². The van der Waals surface area contributed by atoms with Crippen LogP contribution in [0, 0.1) is 5.92 Å². The second-order valence-electron chi connectivity index (χ2n) is 8.67. The Morgan fingerprint density at radius 1 is 0.800 bits per heavy atom. The largest absolute Gasteiger partial charge is 0.462 e. The van der Waals surface area contributed by atoms with E-state index in [2.05, 4.69) is 13.0 Å². The van der Waals surface area contributed by atoms with Crippen molar-refractivity contribution in [3.05, 3.63) is 103 Å². The van der Waals surface area contributed by atoms with Crippen LogP contribution in [0.1, 0.15) is 40.5 Å². The minimum atomic E-state index is -2.84. The van der Waals surface area contributed by atoms with Crippen molar-refractivity contribution in [2.45, 2.75) is 40.5 Å². The number of ketones is 1. The van der Waals surface area contributed by atoms with E-state index in [0.29, 0.717) is 6.42 Å². The monoisotopic (exact) mass is 486 g/mol. The number of hydrogen-bond donors (Lipinski definition) is 0. The van der Waals surface area contributed by atoms with E-state index >= 15 is 0 Å². The standard InChI is InChI=1S/C31H35O3P/c1-5-16-24(3)23-25(4)29(32)30(31(33)34-6-2)35(26-17-10-7-11-18-26,27-19-12-8-13-20-27)28-21-14-9-15-22-28/h7-22,25H,5-6,23H2,1-4H3/b24-16+. The van der Waals surface area contributed by atoms with Gasteiger partial charge in [0.25, 0.3) is 0 Å². The SMILES string of the molecule is CC/C=C(\C)CC(C)C(=O)C(C(=O)OCC)=P(c1ccccc1)(c1ccccc1)c1ccccc1. The average molecular weight is 487 g/mol. The fourth-order valence-electron chi connectivity index (χ4n) is 4.63. The van der Waals surface area contributed by atoms with Gasteiger partial charge in [0.2, 0.25) is 0 Å². The molecule has 3 aromatic rings. The van der Waals surface area contributed by atoms with Gasteiger partial charge in [0, 0.05) is 5.92 Å². The summed E-state index contributed by atoms with van der Waals surface area (Å²) in [7, 11) is 0. The van der Waals surface area contributed by atoms with Crippen LogP contribution in [0.5, 0.6) is 0 Å². The number of benzene rings is 3. The van der Waals surface area contributed by atoms with Crippen LogP contribution in [0.15, 0.2) is 103 Å². The zero-order chi connectivity index (χ0) is 25.3. The highest BCUT2D eigenvalue weighted by Gasteiger charge is 2.39. The van der Waals surface area contributed by atoms with E-state index in [1.165, 1.54) is 0 Å². The third-order valence-corrected chi connectivity index (χ3v) is 10.4. The molecule has 0 heterocycles. The normalized spacial score (nSPS) is 12.6. The summed E-state index contributed by atoms with van der Waals surface area (Å²) in [4.78, 5) is 28.1. The predicted octanol–water partition coefficient (Wildman–Crippen LogP) is 5.67. The average Bonchev–Trinajstić information content (AvgIpc) is 2.88. The minimum absolute atomic E-state index is 0.141. The molecular formula is C31H35O3P. The van der Waals surface area contributed by atoms with Gasteiger partial charge in [-0.05, 0) is 49.5 Å². The summed E-state index contributed by atoms with van der Waals surface area (Å²) in [6, 6.07) is 29.9. The molecule has 1 atom stereocenters. The first-order valence-electron chi connectivity index (χ1n) is 12.3. The lowest BCUT2D eigenvalue weighted by Crippen LogP contribution is -2.40. The lowest BCUT2D eigenvalue weighted by Gasteiger charge is -2.32. The molecule has 1 unspecified atom stereocenters. The van der Waals surface area contributed by atoms with E-state index < -0.39 is 12.9 Å². The van der Waals surface area contributed by atoms with Gasteiger partial charge in [-0.1, -0.05) is 116 Å². The van der Waals surface area contributed by atoms with Crippen molar-refractivity contribution in [3.8, 4) is 0 Å². The number of carbonyl (C=O) groups excluding carboxylic acids is 2. The summed E-state index contributed by atoms with van der Waals surface area (Å²) in [6.07, 6.45) is 3.66. The lowest BCUT2D eigenvalue weighted by molar-refractivity contribution is -0.135. The van der Waals surface area contributed by atoms with Gasteiger partial charge in [0.1, 0.15) is 5.29 Å². The quantitative estimate of drug-likeness (QED) is 0.161. The fourth-order valence-corrected chi connectivity index (χ4v) is 9.05. The van der Waals surface area contributed by atoms with Gasteiger partial charge in [-0.2, -0.15) is 0 Å². The molecular weight excluding hydrogens is 451 g/mol. The van der Waals surface area contributed by atoms with Gasteiger partial charge in [-0.15, -0.1) is 0 Å². The number of ether oxygens (including phenoxy) is 1. The Hall–Kier alpha value is -3.16. The summed E-state index contributed by atoms with van der Waals surface area (Å²) < 4.78 is 5.61. The highest BCUT2D eigenvalue weighted by Crippen LogP contribution is 2.47. The fraction of sp³-hybridized carbons (Fsp3) is 0.258. The van der Waals surface area contributed by atoms with Gasteiger partial charge >= 0.3 is 5.97 Å². The number of allylic oxidation sites excluding steroid dienone is 2. The van der Waals surface area contributed by atoms with Crippen LogP contribution in [-0.4, -0.2) is 23.7 Å². The van der Waals surface area contributed by atoms with Crippen molar-refractivity contribution in [3.63, 3.8) is 0 Å². The molecule has 0 aliphatic rings. The molecule has 35 heavy (non-hydrogen) atoms. The molecule has 0 amide bonds. The smallest absolute Gasteiger partial charge is 0.342 e. The highest BCUT2D eigenvalue weighted by molar-refractivity contribution is 7.97. The maximum absolute atomic E-state index is 14.3. The summed E-state index contributed by atoms with van der Waals surface area (Å²) in [6.45, 7) is 5.20. The van der Waals surface area contributed by atoms with Gasteiger partial charge < -0.3 is 4.74 Å². The van der Waals surface area contributed by atoms with Gasteiger partial charge in [-0.25, -0.2) is 4.79 Å². The lowest BCUT2D eigenvalue weighted by atomic mass is 9.95. The molecule has 0 N–H and O–H groups in total. The van der Waals surface area contributed by atoms with Crippen LogP contribution < -0.4 is 15.9 Å². The summed E-state index contributed by atoms with van der Waals surface area (Å²) in [5.74, 6) is -1.02. The molecule has 0 saturated carbocycles. The molecule has 3 rings (SSSR count). The molecule has 0 fully saturated rings.